The van der Waals surface area contributed by atoms with Gasteiger partial charge in [-0.2, -0.15) is 0 Å². The van der Waals surface area contributed by atoms with Crippen molar-refractivity contribution in [3.63, 3.8) is 0 Å². The average Bonchev–Trinajstić information content (AvgIpc) is 2.56. The van der Waals surface area contributed by atoms with E-state index in [1.54, 1.807) is 20.9 Å². The van der Waals surface area contributed by atoms with Crippen molar-refractivity contribution in [2.75, 3.05) is 17.3 Å². The highest BCUT2D eigenvalue weighted by molar-refractivity contribution is 9.10. The van der Waals surface area contributed by atoms with Gasteiger partial charge in [0.15, 0.2) is 0 Å². The molecule has 0 unspecified atom stereocenters. The van der Waals surface area contributed by atoms with E-state index in [1.807, 2.05) is 55.5 Å². The second kappa shape index (κ2) is 7.18. The molecule has 0 atom stereocenters. The highest BCUT2D eigenvalue weighted by Crippen LogP contribution is 2.28. The van der Waals surface area contributed by atoms with Crippen molar-refractivity contribution in [1.82, 2.24) is 0 Å². The number of carbonyl (C=O) groups is 2. The second-order valence-electron chi connectivity index (χ2n) is 6.26. The standard InChI is InChI=1S/C19H21BrN2O2/c1-13-10-11-16(15(20)12-13)21-17(23)19(2,3)18(24)22(4)14-8-6-5-7-9-14/h5-12H,1-4H3,(H,21,23). The van der Waals surface area contributed by atoms with Crippen LogP contribution >= 0.6 is 15.9 Å². The molecule has 0 radical (unpaired) electrons. The highest BCUT2D eigenvalue weighted by Gasteiger charge is 2.38. The number of halogens is 1. The molecule has 5 heteroatoms. The molecule has 0 aliphatic heterocycles. The summed E-state index contributed by atoms with van der Waals surface area (Å²) in [5, 5.41) is 2.83. The first-order chi connectivity index (χ1) is 11.2. The fourth-order valence-electron chi connectivity index (χ4n) is 2.29. The van der Waals surface area contributed by atoms with Crippen LogP contribution in [0.4, 0.5) is 11.4 Å². The second-order valence-corrected chi connectivity index (χ2v) is 7.12. The van der Waals surface area contributed by atoms with Crippen LogP contribution in [0.2, 0.25) is 0 Å². The molecule has 4 nitrogen and oxygen atoms in total. The Balaban J connectivity index is 2.19. The summed E-state index contributed by atoms with van der Waals surface area (Å²) in [7, 11) is 1.68. The topological polar surface area (TPSA) is 49.4 Å². The van der Waals surface area contributed by atoms with Gasteiger partial charge in [0.25, 0.3) is 0 Å². The predicted molar refractivity (Wildman–Crippen MR) is 101 cm³/mol. The van der Waals surface area contributed by atoms with Crippen LogP contribution < -0.4 is 10.2 Å². The zero-order valence-corrected chi connectivity index (χ0v) is 15.8. The molecular weight excluding hydrogens is 368 g/mol. The van der Waals surface area contributed by atoms with Crippen LogP contribution in [0.3, 0.4) is 0 Å². The lowest BCUT2D eigenvalue weighted by molar-refractivity contribution is -0.136. The minimum atomic E-state index is -1.20. The van der Waals surface area contributed by atoms with E-state index in [0.717, 1.165) is 15.7 Å². The van der Waals surface area contributed by atoms with E-state index in [0.29, 0.717) is 5.69 Å². The molecular formula is C19H21BrN2O2. The zero-order chi connectivity index (χ0) is 17.9. The van der Waals surface area contributed by atoms with Crippen molar-refractivity contribution in [3.8, 4) is 0 Å². The molecule has 0 saturated heterocycles. The van der Waals surface area contributed by atoms with Gasteiger partial charge in [-0.3, -0.25) is 9.59 Å². The van der Waals surface area contributed by atoms with Gasteiger partial charge in [-0.05, 0) is 66.5 Å². The molecule has 0 bridgehead atoms. The molecule has 0 saturated carbocycles. The Bertz CT molecular complexity index is 757. The summed E-state index contributed by atoms with van der Waals surface area (Å²) in [5.74, 6) is -0.616. The number of hydrogen-bond donors (Lipinski definition) is 1. The Kier molecular flexibility index (Phi) is 5.44. The summed E-state index contributed by atoms with van der Waals surface area (Å²) >= 11 is 3.43. The van der Waals surface area contributed by atoms with Crippen molar-refractivity contribution in [1.29, 1.82) is 0 Å². The summed E-state index contributed by atoms with van der Waals surface area (Å²) in [6.07, 6.45) is 0. The van der Waals surface area contributed by atoms with Crippen LogP contribution in [0.25, 0.3) is 0 Å². The van der Waals surface area contributed by atoms with E-state index >= 15 is 0 Å². The Hall–Kier alpha value is -2.14. The Morgan fingerprint density at radius 1 is 1.08 bits per heavy atom. The van der Waals surface area contributed by atoms with Gasteiger partial charge in [0.1, 0.15) is 5.41 Å². The van der Waals surface area contributed by atoms with Gasteiger partial charge in [-0.15, -0.1) is 0 Å². The number of aryl methyl sites for hydroxylation is 1. The number of benzene rings is 2. The zero-order valence-electron chi connectivity index (χ0n) is 14.3. The van der Waals surface area contributed by atoms with Gasteiger partial charge >= 0.3 is 0 Å². The lowest BCUT2D eigenvalue weighted by Crippen LogP contribution is -2.46. The van der Waals surface area contributed by atoms with Crippen molar-refractivity contribution < 1.29 is 9.59 Å². The van der Waals surface area contributed by atoms with E-state index in [9.17, 15) is 9.59 Å². The van der Waals surface area contributed by atoms with Crippen LogP contribution in [0.15, 0.2) is 53.0 Å². The maximum Gasteiger partial charge on any atom is 0.241 e. The average molecular weight is 389 g/mol. The fraction of sp³-hybridized carbons (Fsp3) is 0.263. The molecule has 0 aliphatic rings. The molecule has 126 valence electrons. The van der Waals surface area contributed by atoms with E-state index in [4.69, 9.17) is 0 Å². The summed E-state index contributed by atoms with van der Waals surface area (Å²) in [5.41, 5.74) is 1.28. The third kappa shape index (κ3) is 3.85. The number of hydrogen-bond acceptors (Lipinski definition) is 2. The normalized spacial score (nSPS) is 11.0. The first-order valence-electron chi connectivity index (χ1n) is 7.64. The van der Waals surface area contributed by atoms with Gasteiger partial charge in [0.05, 0.1) is 5.69 Å². The third-order valence-corrected chi connectivity index (χ3v) is 4.58. The predicted octanol–water partition coefficient (Wildman–Crippen LogP) is 4.39. The molecule has 2 aromatic rings. The first kappa shape index (κ1) is 18.2. The molecule has 0 heterocycles. The fourth-order valence-corrected chi connectivity index (χ4v) is 2.88. The number of nitrogens with one attached hydrogen (secondary N) is 1. The highest BCUT2D eigenvalue weighted by atomic mass is 79.9. The van der Waals surface area contributed by atoms with Crippen molar-refractivity contribution in [2.24, 2.45) is 5.41 Å². The minimum absolute atomic E-state index is 0.269. The molecule has 2 aromatic carbocycles. The molecule has 0 aliphatic carbocycles. The largest absolute Gasteiger partial charge is 0.324 e. The van der Waals surface area contributed by atoms with Crippen LogP contribution in [-0.4, -0.2) is 18.9 Å². The first-order valence-corrected chi connectivity index (χ1v) is 8.43. The van der Waals surface area contributed by atoms with Crippen LogP contribution in [0, 0.1) is 12.3 Å². The van der Waals surface area contributed by atoms with Gasteiger partial charge in [-0.1, -0.05) is 24.3 Å². The molecule has 0 aromatic heterocycles. The van der Waals surface area contributed by atoms with Gasteiger partial charge in [0, 0.05) is 17.2 Å². The Morgan fingerprint density at radius 2 is 1.71 bits per heavy atom. The summed E-state index contributed by atoms with van der Waals surface area (Å²) in [6, 6.07) is 14.9. The lowest BCUT2D eigenvalue weighted by Gasteiger charge is -2.28. The summed E-state index contributed by atoms with van der Waals surface area (Å²) < 4.78 is 0.788. The smallest absolute Gasteiger partial charge is 0.241 e. The van der Waals surface area contributed by atoms with Gasteiger partial charge in [-0.25, -0.2) is 0 Å². The molecule has 2 rings (SSSR count). The summed E-state index contributed by atoms with van der Waals surface area (Å²) in [6.45, 7) is 5.23. The number of amides is 2. The number of carbonyl (C=O) groups excluding carboxylic acids is 2. The maximum atomic E-state index is 12.8. The van der Waals surface area contributed by atoms with Crippen molar-refractivity contribution >= 4 is 39.1 Å². The Labute approximate surface area is 151 Å². The van der Waals surface area contributed by atoms with E-state index in [-0.39, 0.29) is 11.8 Å². The third-order valence-electron chi connectivity index (χ3n) is 3.92. The van der Waals surface area contributed by atoms with E-state index in [1.165, 1.54) is 4.90 Å². The van der Waals surface area contributed by atoms with E-state index < -0.39 is 5.41 Å². The molecule has 24 heavy (non-hydrogen) atoms. The number of rotatable bonds is 4. The SMILES string of the molecule is Cc1ccc(NC(=O)C(C)(C)C(=O)N(C)c2ccccc2)c(Br)c1. The van der Waals surface area contributed by atoms with Gasteiger partial charge in [0.2, 0.25) is 11.8 Å². The summed E-state index contributed by atoms with van der Waals surface area (Å²) in [4.78, 5) is 27.0. The lowest BCUT2D eigenvalue weighted by atomic mass is 9.90. The van der Waals surface area contributed by atoms with Crippen molar-refractivity contribution in [2.45, 2.75) is 20.8 Å². The number of para-hydroxylation sites is 1. The number of anilines is 2. The van der Waals surface area contributed by atoms with Crippen LogP contribution in [0.5, 0.6) is 0 Å². The molecule has 2 amide bonds. The van der Waals surface area contributed by atoms with Crippen LogP contribution in [0.1, 0.15) is 19.4 Å². The quantitative estimate of drug-likeness (QED) is 0.789. The minimum Gasteiger partial charge on any atom is -0.324 e. The molecule has 0 fully saturated rings. The number of nitrogens with zero attached hydrogens (tertiary/aromatic N) is 1. The van der Waals surface area contributed by atoms with Crippen molar-refractivity contribution in [3.05, 3.63) is 58.6 Å². The molecule has 1 N–H and O–H groups in total. The van der Waals surface area contributed by atoms with Crippen LogP contribution in [-0.2, 0) is 9.59 Å². The maximum absolute atomic E-state index is 12.8. The van der Waals surface area contributed by atoms with Gasteiger partial charge < -0.3 is 10.2 Å². The van der Waals surface area contributed by atoms with E-state index in [2.05, 4.69) is 21.2 Å². The monoisotopic (exact) mass is 388 g/mol. The molecule has 0 spiro atoms. The Morgan fingerprint density at radius 3 is 2.29 bits per heavy atom.